The topological polar surface area (TPSA) is 93.5 Å². The predicted molar refractivity (Wildman–Crippen MR) is 79.8 cm³/mol. The number of amides is 1. The van der Waals surface area contributed by atoms with Crippen LogP contribution in [-0.4, -0.2) is 36.6 Å². The van der Waals surface area contributed by atoms with E-state index >= 15 is 0 Å². The molecule has 2 rings (SSSR count). The van der Waals surface area contributed by atoms with Crippen LogP contribution in [0.25, 0.3) is 0 Å². The molecule has 1 saturated heterocycles. The fourth-order valence-corrected chi connectivity index (χ4v) is 2.12. The highest BCUT2D eigenvalue weighted by atomic mass is 35.5. The van der Waals surface area contributed by atoms with Crippen molar-refractivity contribution in [1.29, 1.82) is 0 Å². The van der Waals surface area contributed by atoms with Crippen molar-refractivity contribution in [2.75, 3.05) is 19.7 Å². The molecule has 1 atom stereocenters. The van der Waals surface area contributed by atoms with Gasteiger partial charge in [-0.2, -0.15) is 4.39 Å². The maximum Gasteiger partial charge on any atom is 0.305 e. The number of hydrogen-bond acceptors (Lipinski definition) is 5. The lowest BCUT2D eigenvalue weighted by Crippen LogP contribution is -2.46. The van der Waals surface area contributed by atoms with Crippen LogP contribution in [0.4, 0.5) is 10.1 Å². The van der Waals surface area contributed by atoms with E-state index in [-0.39, 0.29) is 36.7 Å². The molecule has 1 heterocycles. The van der Waals surface area contributed by atoms with Crippen molar-refractivity contribution in [3.63, 3.8) is 0 Å². The van der Waals surface area contributed by atoms with Crippen LogP contribution in [-0.2, 0) is 4.79 Å². The first-order valence-electron chi connectivity index (χ1n) is 6.63. The molecule has 1 aromatic rings. The zero-order valence-electron chi connectivity index (χ0n) is 11.7. The summed E-state index contributed by atoms with van der Waals surface area (Å²) in [6.07, 6.45) is 1.91. The molecule has 9 heteroatoms. The molecule has 22 heavy (non-hydrogen) atoms. The molecule has 0 saturated carbocycles. The van der Waals surface area contributed by atoms with Crippen LogP contribution in [0.2, 0.25) is 0 Å². The van der Waals surface area contributed by atoms with Gasteiger partial charge in [0.2, 0.25) is 5.82 Å². The smallest absolute Gasteiger partial charge is 0.305 e. The Labute approximate surface area is 132 Å². The fourth-order valence-electron chi connectivity index (χ4n) is 2.12. The normalized spacial score (nSPS) is 17.2. The summed E-state index contributed by atoms with van der Waals surface area (Å²) in [6, 6.07) is 3.24. The van der Waals surface area contributed by atoms with Gasteiger partial charge < -0.3 is 15.4 Å². The number of carbonyl (C=O) groups is 1. The van der Waals surface area contributed by atoms with Gasteiger partial charge in [0, 0.05) is 24.7 Å². The lowest BCUT2D eigenvalue weighted by atomic mass is 10.1. The second-order valence-electron chi connectivity index (χ2n) is 4.77. The third kappa shape index (κ3) is 5.12. The summed E-state index contributed by atoms with van der Waals surface area (Å²) >= 11 is 0. The Hall–Kier alpha value is -1.93. The minimum atomic E-state index is -0.991. The average Bonchev–Trinajstić information content (AvgIpc) is 2.46. The van der Waals surface area contributed by atoms with Crippen LogP contribution in [0.5, 0.6) is 5.75 Å². The highest BCUT2D eigenvalue weighted by molar-refractivity contribution is 5.85. The van der Waals surface area contributed by atoms with Crippen molar-refractivity contribution in [2.24, 2.45) is 0 Å². The monoisotopic (exact) mass is 333 g/mol. The van der Waals surface area contributed by atoms with E-state index in [1.807, 2.05) is 0 Å². The van der Waals surface area contributed by atoms with E-state index in [1.54, 1.807) is 0 Å². The maximum absolute atomic E-state index is 13.4. The number of piperidine rings is 1. The van der Waals surface area contributed by atoms with Gasteiger partial charge in [-0.15, -0.1) is 12.4 Å². The molecule has 1 aliphatic heterocycles. The van der Waals surface area contributed by atoms with Gasteiger partial charge in [0.1, 0.15) is 5.75 Å². The molecule has 0 spiro atoms. The van der Waals surface area contributed by atoms with Crippen molar-refractivity contribution in [3.05, 3.63) is 34.1 Å². The highest BCUT2D eigenvalue weighted by Crippen LogP contribution is 2.22. The molecular formula is C13H17ClFN3O4. The first kappa shape index (κ1) is 18.1. The molecule has 122 valence electrons. The standard InChI is InChI=1S/C13H16FN3O4.ClH/c14-11-6-10(3-4-12(11)17(19)20)21-8-13(18)16-9-2-1-5-15-7-9;/h3-4,6,9,15H,1-2,5,7-8H2,(H,16,18);1H/t9-;/m0./s1. The molecule has 0 aromatic heterocycles. The number of nitrogens with one attached hydrogen (secondary N) is 2. The summed E-state index contributed by atoms with van der Waals surface area (Å²) in [5.41, 5.74) is -0.625. The van der Waals surface area contributed by atoms with Crippen LogP contribution in [0, 0.1) is 15.9 Å². The predicted octanol–water partition coefficient (Wildman–Crippen LogP) is 1.40. The van der Waals surface area contributed by atoms with Crippen molar-refractivity contribution in [2.45, 2.75) is 18.9 Å². The molecule has 1 aliphatic rings. The fraction of sp³-hybridized carbons (Fsp3) is 0.462. The quantitative estimate of drug-likeness (QED) is 0.627. The van der Waals surface area contributed by atoms with E-state index in [1.165, 1.54) is 6.07 Å². The van der Waals surface area contributed by atoms with Gasteiger partial charge in [0.05, 0.1) is 4.92 Å². The molecule has 0 aliphatic carbocycles. The van der Waals surface area contributed by atoms with Crippen LogP contribution in [0.1, 0.15) is 12.8 Å². The highest BCUT2D eigenvalue weighted by Gasteiger charge is 2.17. The summed E-state index contributed by atoms with van der Waals surface area (Å²) in [6.45, 7) is 1.41. The van der Waals surface area contributed by atoms with Gasteiger partial charge in [-0.25, -0.2) is 0 Å². The average molecular weight is 334 g/mol. The molecule has 7 nitrogen and oxygen atoms in total. The number of nitro benzene ring substituents is 1. The van der Waals surface area contributed by atoms with Crippen molar-refractivity contribution in [1.82, 2.24) is 10.6 Å². The number of halogens is 2. The van der Waals surface area contributed by atoms with Crippen molar-refractivity contribution >= 4 is 24.0 Å². The van der Waals surface area contributed by atoms with E-state index in [9.17, 15) is 19.3 Å². The minimum Gasteiger partial charge on any atom is -0.484 e. The SMILES string of the molecule is Cl.O=C(COc1ccc([N+](=O)[O-])c(F)c1)N[C@H]1CCCNC1. The first-order chi connectivity index (χ1) is 10.1. The lowest BCUT2D eigenvalue weighted by molar-refractivity contribution is -0.387. The van der Waals surface area contributed by atoms with E-state index in [0.29, 0.717) is 0 Å². The minimum absolute atomic E-state index is 0. The molecule has 0 bridgehead atoms. The number of ether oxygens (including phenoxy) is 1. The third-order valence-electron chi connectivity index (χ3n) is 3.15. The van der Waals surface area contributed by atoms with Gasteiger partial charge in [-0.05, 0) is 25.5 Å². The number of rotatable bonds is 5. The number of carbonyl (C=O) groups excluding carboxylic acids is 1. The Balaban J connectivity index is 0.00000242. The second kappa shape index (κ2) is 8.50. The Kier molecular flexibility index (Phi) is 7.00. The van der Waals surface area contributed by atoms with Gasteiger partial charge in [0.25, 0.3) is 5.91 Å². The molecule has 0 radical (unpaired) electrons. The number of nitro groups is 1. The first-order valence-corrected chi connectivity index (χ1v) is 6.63. The van der Waals surface area contributed by atoms with E-state index < -0.39 is 16.4 Å². The number of hydrogen-bond donors (Lipinski definition) is 2. The summed E-state index contributed by atoms with van der Waals surface area (Å²) in [5.74, 6) is -1.22. The van der Waals surface area contributed by atoms with Crippen LogP contribution in [0.3, 0.4) is 0 Å². The zero-order chi connectivity index (χ0) is 15.2. The summed E-state index contributed by atoms with van der Waals surface area (Å²) in [4.78, 5) is 21.3. The van der Waals surface area contributed by atoms with Gasteiger partial charge >= 0.3 is 5.69 Å². The number of benzene rings is 1. The Morgan fingerprint density at radius 3 is 2.91 bits per heavy atom. The van der Waals surface area contributed by atoms with Gasteiger partial charge in [-0.3, -0.25) is 14.9 Å². The van der Waals surface area contributed by atoms with Gasteiger partial charge in [0.15, 0.2) is 6.61 Å². The third-order valence-corrected chi connectivity index (χ3v) is 3.15. The zero-order valence-corrected chi connectivity index (χ0v) is 12.5. The Bertz CT molecular complexity index is 538. The molecule has 2 N–H and O–H groups in total. The van der Waals surface area contributed by atoms with Crippen LogP contribution in [0.15, 0.2) is 18.2 Å². The second-order valence-corrected chi connectivity index (χ2v) is 4.77. The van der Waals surface area contributed by atoms with E-state index in [2.05, 4.69) is 10.6 Å². The van der Waals surface area contributed by atoms with E-state index in [0.717, 1.165) is 38.1 Å². The van der Waals surface area contributed by atoms with Crippen molar-refractivity contribution in [3.8, 4) is 5.75 Å². The van der Waals surface area contributed by atoms with Crippen LogP contribution < -0.4 is 15.4 Å². The molecular weight excluding hydrogens is 317 g/mol. The number of nitrogens with zero attached hydrogens (tertiary/aromatic N) is 1. The van der Waals surface area contributed by atoms with Crippen LogP contribution >= 0.6 is 12.4 Å². The summed E-state index contributed by atoms with van der Waals surface area (Å²) in [5, 5.41) is 16.4. The molecule has 1 aromatic carbocycles. The largest absolute Gasteiger partial charge is 0.484 e. The molecule has 1 fully saturated rings. The summed E-state index contributed by atoms with van der Waals surface area (Å²) in [7, 11) is 0. The van der Waals surface area contributed by atoms with E-state index in [4.69, 9.17) is 4.74 Å². The molecule has 1 amide bonds. The van der Waals surface area contributed by atoms with Crippen molar-refractivity contribution < 1.29 is 18.8 Å². The Morgan fingerprint density at radius 1 is 1.55 bits per heavy atom. The lowest BCUT2D eigenvalue weighted by Gasteiger charge is -2.23. The van der Waals surface area contributed by atoms with Gasteiger partial charge in [-0.1, -0.05) is 0 Å². The Morgan fingerprint density at radius 2 is 2.32 bits per heavy atom. The molecule has 0 unspecified atom stereocenters. The summed E-state index contributed by atoms with van der Waals surface area (Å²) < 4.78 is 18.5. The maximum atomic E-state index is 13.4.